The SMILES string of the molecule is CCNC(=NCc1ccc(NC(=O)NC(C)C)cc1)NCc1nc(C(C)C)cs1. The van der Waals surface area contributed by atoms with E-state index in [-0.39, 0.29) is 12.1 Å². The summed E-state index contributed by atoms with van der Waals surface area (Å²) in [6, 6.07) is 7.60. The molecule has 2 rings (SSSR count). The molecule has 2 amide bonds. The first-order valence-electron chi connectivity index (χ1n) is 10.00. The Labute approximate surface area is 177 Å². The molecule has 1 aromatic carbocycles. The highest BCUT2D eigenvalue weighted by molar-refractivity contribution is 7.09. The first kappa shape index (κ1) is 22.7. The minimum Gasteiger partial charge on any atom is -0.357 e. The molecular weight excluding hydrogens is 384 g/mol. The fraction of sp³-hybridized carbons (Fsp3) is 0.476. The minimum atomic E-state index is -0.202. The van der Waals surface area contributed by atoms with Gasteiger partial charge in [0.05, 0.1) is 18.8 Å². The molecule has 1 aromatic heterocycles. The average molecular weight is 417 g/mol. The van der Waals surface area contributed by atoms with Crippen molar-refractivity contribution in [1.82, 2.24) is 20.9 Å². The fourth-order valence-corrected chi connectivity index (χ4v) is 3.36. The maximum Gasteiger partial charge on any atom is 0.319 e. The molecule has 8 heteroatoms. The van der Waals surface area contributed by atoms with Crippen LogP contribution in [0.2, 0.25) is 0 Å². The van der Waals surface area contributed by atoms with Crippen LogP contribution in [-0.2, 0) is 13.1 Å². The lowest BCUT2D eigenvalue weighted by atomic mass is 10.2. The second-order valence-electron chi connectivity index (χ2n) is 7.32. The van der Waals surface area contributed by atoms with Crippen LogP contribution in [0.3, 0.4) is 0 Å². The fourth-order valence-electron chi connectivity index (χ4n) is 2.47. The van der Waals surface area contributed by atoms with Crippen molar-refractivity contribution >= 4 is 29.0 Å². The molecule has 0 saturated heterocycles. The van der Waals surface area contributed by atoms with Gasteiger partial charge in [0.15, 0.2) is 5.96 Å². The smallest absolute Gasteiger partial charge is 0.319 e. The highest BCUT2D eigenvalue weighted by Gasteiger charge is 2.07. The number of benzene rings is 1. The summed E-state index contributed by atoms with van der Waals surface area (Å²) in [5.74, 6) is 1.20. The van der Waals surface area contributed by atoms with Gasteiger partial charge >= 0.3 is 6.03 Å². The molecule has 4 N–H and O–H groups in total. The summed E-state index contributed by atoms with van der Waals surface area (Å²) >= 11 is 1.67. The van der Waals surface area contributed by atoms with Crippen LogP contribution in [-0.4, -0.2) is 29.6 Å². The third-order valence-electron chi connectivity index (χ3n) is 3.96. The molecule has 0 aliphatic carbocycles. The molecule has 0 saturated carbocycles. The summed E-state index contributed by atoms with van der Waals surface area (Å²) in [5.41, 5.74) is 2.95. The van der Waals surface area contributed by atoms with Gasteiger partial charge in [-0.3, -0.25) is 0 Å². The summed E-state index contributed by atoms with van der Waals surface area (Å²) < 4.78 is 0. The normalized spacial score (nSPS) is 11.6. The van der Waals surface area contributed by atoms with Crippen molar-refractivity contribution in [2.75, 3.05) is 11.9 Å². The van der Waals surface area contributed by atoms with Gasteiger partial charge in [-0.25, -0.2) is 14.8 Å². The van der Waals surface area contributed by atoms with Gasteiger partial charge in [-0.05, 0) is 44.4 Å². The van der Waals surface area contributed by atoms with Crippen molar-refractivity contribution in [1.29, 1.82) is 0 Å². The highest BCUT2D eigenvalue weighted by Crippen LogP contribution is 2.17. The lowest BCUT2D eigenvalue weighted by molar-refractivity contribution is 0.250. The number of hydrogen-bond acceptors (Lipinski definition) is 4. The molecule has 2 aromatic rings. The molecule has 1 heterocycles. The molecule has 0 atom stereocenters. The monoisotopic (exact) mass is 416 g/mol. The number of hydrogen-bond donors (Lipinski definition) is 4. The Morgan fingerprint density at radius 2 is 1.86 bits per heavy atom. The first-order chi connectivity index (χ1) is 13.9. The summed E-state index contributed by atoms with van der Waals surface area (Å²) in [4.78, 5) is 21.0. The number of carbonyl (C=O) groups excluding carboxylic acids is 1. The number of urea groups is 1. The van der Waals surface area contributed by atoms with Crippen LogP contribution in [0.5, 0.6) is 0 Å². The Kier molecular flexibility index (Phi) is 8.92. The molecular formula is C21H32N6OS. The van der Waals surface area contributed by atoms with Crippen LogP contribution >= 0.6 is 11.3 Å². The largest absolute Gasteiger partial charge is 0.357 e. The number of aromatic nitrogens is 1. The van der Waals surface area contributed by atoms with E-state index in [2.05, 4.69) is 50.5 Å². The van der Waals surface area contributed by atoms with E-state index in [0.717, 1.165) is 34.5 Å². The number of anilines is 1. The van der Waals surface area contributed by atoms with Crippen LogP contribution in [0.25, 0.3) is 0 Å². The van der Waals surface area contributed by atoms with Crippen LogP contribution in [0, 0.1) is 0 Å². The summed E-state index contributed by atoms with van der Waals surface area (Å²) in [7, 11) is 0. The molecule has 0 spiro atoms. The van der Waals surface area contributed by atoms with Gasteiger partial charge in [-0.1, -0.05) is 26.0 Å². The molecule has 0 bridgehead atoms. The number of guanidine groups is 1. The standard InChI is InChI=1S/C21H32N6OS/c1-6-22-20(24-12-19-27-18(13-29-19)14(2)3)23-11-16-7-9-17(10-8-16)26-21(28)25-15(4)5/h7-10,13-15H,6,11-12H2,1-5H3,(H2,22,23,24)(H2,25,26,28). The van der Waals surface area contributed by atoms with E-state index >= 15 is 0 Å². The van der Waals surface area contributed by atoms with Gasteiger partial charge in [-0.2, -0.15) is 0 Å². The average Bonchev–Trinajstić information content (AvgIpc) is 3.14. The number of aliphatic imine (C=N–C) groups is 1. The number of rotatable bonds is 8. The van der Waals surface area contributed by atoms with E-state index in [9.17, 15) is 4.79 Å². The first-order valence-corrected chi connectivity index (χ1v) is 10.9. The number of thiazole rings is 1. The topological polar surface area (TPSA) is 90.4 Å². The molecule has 0 aliphatic rings. The van der Waals surface area contributed by atoms with Gasteiger partial charge < -0.3 is 21.3 Å². The van der Waals surface area contributed by atoms with Gasteiger partial charge in [0, 0.05) is 23.7 Å². The molecule has 158 valence electrons. The molecule has 29 heavy (non-hydrogen) atoms. The molecule has 0 aliphatic heterocycles. The third-order valence-corrected chi connectivity index (χ3v) is 4.83. The van der Waals surface area contributed by atoms with E-state index in [1.54, 1.807) is 11.3 Å². The third kappa shape index (κ3) is 8.11. The zero-order chi connectivity index (χ0) is 21.2. The summed E-state index contributed by atoms with van der Waals surface area (Å²) in [5, 5.41) is 15.4. The maximum atomic E-state index is 11.8. The van der Waals surface area contributed by atoms with Crippen LogP contribution in [0.15, 0.2) is 34.6 Å². The predicted octanol–water partition coefficient (Wildman–Crippen LogP) is 4.05. The summed E-state index contributed by atoms with van der Waals surface area (Å²) in [6.45, 7) is 12.2. The van der Waals surface area contributed by atoms with Crippen molar-refractivity contribution in [2.45, 2.75) is 59.7 Å². The number of nitrogens with zero attached hydrogens (tertiary/aromatic N) is 2. The van der Waals surface area contributed by atoms with Crippen molar-refractivity contribution in [3.8, 4) is 0 Å². The number of nitrogens with one attached hydrogen (secondary N) is 4. The van der Waals surface area contributed by atoms with Crippen molar-refractivity contribution in [3.63, 3.8) is 0 Å². The Balaban J connectivity index is 1.90. The van der Waals surface area contributed by atoms with Gasteiger partial charge in [0.1, 0.15) is 5.01 Å². The number of amides is 2. The van der Waals surface area contributed by atoms with Gasteiger partial charge in [0.25, 0.3) is 0 Å². The predicted molar refractivity (Wildman–Crippen MR) is 122 cm³/mol. The molecule has 0 fully saturated rings. The van der Waals surface area contributed by atoms with Gasteiger partial charge in [-0.15, -0.1) is 11.3 Å². The Bertz CT molecular complexity index is 798. The van der Waals surface area contributed by atoms with E-state index in [1.165, 1.54) is 0 Å². The minimum absolute atomic E-state index is 0.0990. The van der Waals surface area contributed by atoms with E-state index in [0.29, 0.717) is 19.0 Å². The van der Waals surface area contributed by atoms with E-state index in [4.69, 9.17) is 0 Å². The zero-order valence-corrected chi connectivity index (χ0v) is 18.7. The van der Waals surface area contributed by atoms with Gasteiger partial charge in [0.2, 0.25) is 0 Å². The molecule has 0 unspecified atom stereocenters. The van der Waals surface area contributed by atoms with Crippen molar-refractivity contribution in [3.05, 3.63) is 45.9 Å². The van der Waals surface area contributed by atoms with Crippen LogP contribution in [0.1, 0.15) is 56.8 Å². The highest BCUT2D eigenvalue weighted by atomic mass is 32.1. The Morgan fingerprint density at radius 1 is 1.14 bits per heavy atom. The second-order valence-corrected chi connectivity index (χ2v) is 8.26. The lowest BCUT2D eigenvalue weighted by Gasteiger charge is -2.11. The van der Waals surface area contributed by atoms with Crippen molar-refractivity contribution < 1.29 is 4.79 Å². The van der Waals surface area contributed by atoms with E-state index in [1.807, 2.05) is 45.0 Å². The summed E-state index contributed by atoms with van der Waals surface area (Å²) in [6.07, 6.45) is 0. The molecule has 7 nitrogen and oxygen atoms in total. The van der Waals surface area contributed by atoms with Crippen LogP contribution in [0.4, 0.5) is 10.5 Å². The second kappa shape index (κ2) is 11.4. The maximum absolute atomic E-state index is 11.8. The quantitative estimate of drug-likeness (QED) is 0.386. The van der Waals surface area contributed by atoms with Crippen molar-refractivity contribution in [2.24, 2.45) is 4.99 Å². The van der Waals surface area contributed by atoms with E-state index < -0.39 is 0 Å². The Morgan fingerprint density at radius 3 is 2.45 bits per heavy atom. The lowest BCUT2D eigenvalue weighted by Crippen LogP contribution is -2.36. The number of carbonyl (C=O) groups is 1. The van der Waals surface area contributed by atoms with Crippen LogP contribution < -0.4 is 21.3 Å². The Hall–Kier alpha value is -2.61. The molecule has 0 radical (unpaired) electrons. The zero-order valence-electron chi connectivity index (χ0n) is 17.9.